The maximum Gasteiger partial charge on any atom is 0.387 e. The fourth-order valence-electron chi connectivity index (χ4n) is 2.72. The smallest absolute Gasteiger partial charge is 0.387 e. The van der Waals surface area contributed by atoms with Crippen molar-refractivity contribution in [2.45, 2.75) is 19.8 Å². The first kappa shape index (κ1) is 21.9. The van der Waals surface area contributed by atoms with Crippen molar-refractivity contribution in [2.24, 2.45) is 0 Å². The SMILES string of the molecule is O=C(/C=C/c1ccc(OC(F)F)cc1OC(F)F)Nc1ccccc1Cn1cccn1. The summed E-state index contributed by atoms with van der Waals surface area (Å²) in [5.41, 5.74) is 1.45. The number of alkyl halides is 4. The Morgan fingerprint density at radius 2 is 1.84 bits per heavy atom. The quantitative estimate of drug-likeness (QED) is 0.388. The second kappa shape index (κ2) is 10.3. The van der Waals surface area contributed by atoms with Gasteiger partial charge in [-0.25, -0.2) is 0 Å². The highest BCUT2D eigenvalue weighted by Crippen LogP contribution is 2.28. The Morgan fingerprint density at radius 1 is 1.06 bits per heavy atom. The van der Waals surface area contributed by atoms with Crippen LogP contribution in [0.25, 0.3) is 6.08 Å². The average Bonchev–Trinajstić information content (AvgIpc) is 3.21. The second-order valence-corrected chi connectivity index (χ2v) is 6.14. The third-order valence-corrected chi connectivity index (χ3v) is 4.01. The molecule has 1 heterocycles. The van der Waals surface area contributed by atoms with Crippen LogP contribution in [0.2, 0.25) is 0 Å². The van der Waals surface area contributed by atoms with Crippen LogP contribution in [0.3, 0.4) is 0 Å². The predicted molar refractivity (Wildman–Crippen MR) is 105 cm³/mol. The number of para-hydroxylation sites is 1. The zero-order valence-electron chi connectivity index (χ0n) is 15.9. The van der Waals surface area contributed by atoms with Crippen LogP contribution in [0, 0.1) is 0 Å². The molecule has 0 atom stereocenters. The molecule has 31 heavy (non-hydrogen) atoms. The molecule has 0 spiro atoms. The van der Waals surface area contributed by atoms with Crippen LogP contribution < -0.4 is 14.8 Å². The summed E-state index contributed by atoms with van der Waals surface area (Å²) in [7, 11) is 0. The summed E-state index contributed by atoms with van der Waals surface area (Å²) in [6, 6.07) is 12.2. The number of halogens is 4. The van der Waals surface area contributed by atoms with Gasteiger partial charge in [0.05, 0.1) is 6.54 Å². The lowest BCUT2D eigenvalue weighted by atomic mass is 10.1. The molecular formula is C21H17F4N3O3. The highest BCUT2D eigenvalue weighted by Gasteiger charge is 2.13. The lowest BCUT2D eigenvalue weighted by molar-refractivity contribution is -0.111. The predicted octanol–water partition coefficient (Wildman–Crippen LogP) is 4.79. The van der Waals surface area contributed by atoms with Gasteiger partial charge in [-0.3, -0.25) is 9.48 Å². The molecule has 10 heteroatoms. The van der Waals surface area contributed by atoms with Crippen molar-refractivity contribution < 1.29 is 31.8 Å². The number of rotatable bonds is 9. The number of nitrogens with zero attached hydrogens (tertiary/aromatic N) is 2. The highest BCUT2D eigenvalue weighted by molar-refractivity contribution is 6.02. The van der Waals surface area contributed by atoms with E-state index in [0.29, 0.717) is 12.2 Å². The summed E-state index contributed by atoms with van der Waals surface area (Å²) < 4.78 is 60.2. The van der Waals surface area contributed by atoms with E-state index in [1.54, 1.807) is 35.3 Å². The number of benzene rings is 2. The molecule has 1 amide bonds. The Hall–Kier alpha value is -3.82. The molecule has 162 valence electrons. The largest absolute Gasteiger partial charge is 0.435 e. The van der Waals surface area contributed by atoms with Gasteiger partial charge in [0, 0.05) is 35.8 Å². The van der Waals surface area contributed by atoms with Gasteiger partial charge < -0.3 is 14.8 Å². The van der Waals surface area contributed by atoms with E-state index in [1.165, 1.54) is 12.1 Å². The molecule has 2 aromatic carbocycles. The molecule has 0 aliphatic carbocycles. The van der Waals surface area contributed by atoms with Gasteiger partial charge in [0.1, 0.15) is 11.5 Å². The molecule has 0 aliphatic rings. The third-order valence-electron chi connectivity index (χ3n) is 4.01. The molecule has 0 aliphatic heterocycles. The standard InChI is InChI=1S/C21H17F4N3O3/c22-20(23)30-16-8-6-14(18(12-16)31-21(24)25)7-9-19(29)27-17-5-2-1-4-15(17)13-28-11-3-10-26-28/h1-12,20-21H,13H2,(H,27,29)/b9-7+. The summed E-state index contributed by atoms with van der Waals surface area (Å²) in [5, 5.41) is 6.83. The first-order valence-electron chi connectivity index (χ1n) is 8.99. The average molecular weight is 435 g/mol. The number of hydrogen-bond acceptors (Lipinski definition) is 4. The lowest BCUT2D eigenvalue weighted by Gasteiger charge is -2.11. The van der Waals surface area contributed by atoms with Crippen LogP contribution in [-0.4, -0.2) is 28.9 Å². The fourth-order valence-corrected chi connectivity index (χ4v) is 2.72. The zero-order valence-corrected chi connectivity index (χ0v) is 15.9. The highest BCUT2D eigenvalue weighted by atomic mass is 19.3. The van der Waals surface area contributed by atoms with E-state index in [0.717, 1.165) is 23.8 Å². The van der Waals surface area contributed by atoms with Gasteiger partial charge in [0.25, 0.3) is 0 Å². The van der Waals surface area contributed by atoms with Crippen LogP contribution >= 0.6 is 0 Å². The maximum atomic E-state index is 12.7. The van der Waals surface area contributed by atoms with Crippen molar-refractivity contribution in [3.05, 3.63) is 78.1 Å². The van der Waals surface area contributed by atoms with Crippen LogP contribution in [0.5, 0.6) is 11.5 Å². The second-order valence-electron chi connectivity index (χ2n) is 6.14. The topological polar surface area (TPSA) is 65.4 Å². The van der Waals surface area contributed by atoms with Crippen molar-refractivity contribution in [2.75, 3.05) is 5.32 Å². The van der Waals surface area contributed by atoms with E-state index in [4.69, 9.17) is 0 Å². The molecular weight excluding hydrogens is 418 g/mol. The molecule has 3 rings (SSSR count). The van der Waals surface area contributed by atoms with Crippen molar-refractivity contribution in [1.82, 2.24) is 9.78 Å². The molecule has 0 unspecified atom stereocenters. The van der Waals surface area contributed by atoms with Crippen LogP contribution in [0.1, 0.15) is 11.1 Å². The van der Waals surface area contributed by atoms with Gasteiger partial charge in [-0.15, -0.1) is 0 Å². The minimum absolute atomic E-state index is 0.0851. The van der Waals surface area contributed by atoms with Crippen molar-refractivity contribution in [3.8, 4) is 11.5 Å². The molecule has 0 saturated heterocycles. The lowest BCUT2D eigenvalue weighted by Crippen LogP contribution is -2.11. The number of ether oxygens (including phenoxy) is 2. The summed E-state index contributed by atoms with van der Waals surface area (Å²) in [5.74, 6) is -1.28. The summed E-state index contributed by atoms with van der Waals surface area (Å²) in [6.45, 7) is -5.86. The normalized spacial score (nSPS) is 11.3. The van der Waals surface area contributed by atoms with Gasteiger partial charge in [0.15, 0.2) is 0 Å². The Labute approximate surface area is 174 Å². The first-order valence-corrected chi connectivity index (χ1v) is 8.99. The van der Waals surface area contributed by atoms with Crippen LogP contribution in [-0.2, 0) is 11.3 Å². The van der Waals surface area contributed by atoms with Gasteiger partial charge >= 0.3 is 13.2 Å². The molecule has 0 saturated carbocycles. The van der Waals surface area contributed by atoms with E-state index in [2.05, 4.69) is 19.9 Å². The number of carbonyl (C=O) groups excluding carboxylic acids is 1. The minimum atomic E-state index is -3.18. The Bertz CT molecular complexity index is 1040. The van der Waals surface area contributed by atoms with Gasteiger partial charge in [0.2, 0.25) is 5.91 Å². The summed E-state index contributed by atoms with van der Waals surface area (Å²) in [4.78, 5) is 12.4. The number of amides is 1. The van der Waals surface area contributed by atoms with Gasteiger partial charge in [-0.05, 0) is 35.9 Å². The number of nitrogens with one attached hydrogen (secondary N) is 1. The van der Waals surface area contributed by atoms with Gasteiger partial charge in [-0.2, -0.15) is 22.7 Å². The number of carbonyl (C=O) groups is 1. The molecule has 1 N–H and O–H groups in total. The minimum Gasteiger partial charge on any atom is -0.435 e. The fraction of sp³-hybridized carbons (Fsp3) is 0.143. The van der Waals surface area contributed by atoms with Crippen molar-refractivity contribution >= 4 is 17.7 Å². The molecule has 0 radical (unpaired) electrons. The molecule has 1 aromatic heterocycles. The Morgan fingerprint density at radius 3 is 2.55 bits per heavy atom. The molecule has 3 aromatic rings. The third kappa shape index (κ3) is 6.59. The molecule has 0 bridgehead atoms. The van der Waals surface area contributed by atoms with Crippen molar-refractivity contribution in [3.63, 3.8) is 0 Å². The Balaban J connectivity index is 1.74. The van der Waals surface area contributed by atoms with Gasteiger partial charge in [-0.1, -0.05) is 18.2 Å². The molecule has 0 fully saturated rings. The van der Waals surface area contributed by atoms with E-state index in [1.807, 2.05) is 12.1 Å². The number of hydrogen-bond donors (Lipinski definition) is 1. The summed E-state index contributed by atoms with van der Waals surface area (Å²) >= 11 is 0. The van der Waals surface area contributed by atoms with Crippen molar-refractivity contribution in [1.29, 1.82) is 0 Å². The first-order chi connectivity index (χ1) is 14.9. The van der Waals surface area contributed by atoms with Crippen LogP contribution in [0.15, 0.2) is 67.0 Å². The summed E-state index contributed by atoms with van der Waals surface area (Å²) in [6.07, 6.45) is 5.77. The monoisotopic (exact) mass is 435 g/mol. The maximum absolute atomic E-state index is 12.7. The Kier molecular flexibility index (Phi) is 7.26. The van der Waals surface area contributed by atoms with Crippen LogP contribution in [0.4, 0.5) is 23.2 Å². The zero-order chi connectivity index (χ0) is 22.2. The van der Waals surface area contributed by atoms with E-state index < -0.39 is 24.9 Å². The van der Waals surface area contributed by atoms with E-state index in [-0.39, 0.29) is 11.3 Å². The number of aromatic nitrogens is 2. The molecule has 6 nitrogen and oxygen atoms in total. The van der Waals surface area contributed by atoms with E-state index in [9.17, 15) is 22.4 Å². The van der Waals surface area contributed by atoms with E-state index >= 15 is 0 Å². The number of anilines is 1.